The van der Waals surface area contributed by atoms with Gasteiger partial charge in [0.1, 0.15) is 0 Å². The van der Waals surface area contributed by atoms with E-state index >= 15 is 0 Å². The molecule has 0 aliphatic heterocycles. The fourth-order valence-electron chi connectivity index (χ4n) is 2.97. The summed E-state index contributed by atoms with van der Waals surface area (Å²) >= 11 is 1.30. The van der Waals surface area contributed by atoms with Gasteiger partial charge < -0.3 is 16.4 Å². The number of nitrogens with one attached hydrogen (secondary N) is 2. The normalized spacial score (nSPS) is 11.2. The molecule has 0 unspecified atom stereocenters. The number of halogens is 3. The zero-order valence-electron chi connectivity index (χ0n) is 16.6. The molecule has 8 nitrogen and oxygen atoms in total. The number of amides is 3. The summed E-state index contributed by atoms with van der Waals surface area (Å²) < 4.78 is 40.8. The van der Waals surface area contributed by atoms with Crippen molar-refractivity contribution in [2.24, 2.45) is 5.73 Å². The van der Waals surface area contributed by atoms with E-state index in [1.54, 1.807) is 35.7 Å². The van der Waals surface area contributed by atoms with Crippen LogP contribution >= 0.6 is 11.3 Å². The van der Waals surface area contributed by atoms with Crippen LogP contribution in [0.4, 0.5) is 29.3 Å². The van der Waals surface area contributed by atoms with Crippen LogP contribution in [0.15, 0.2) is 66.0 Å². The van der Waals surface area contributed by atoms with E-state index in [2.05, 4.69) is 20.7 Å². The van der Waals surface area contributed by atoms with Crippen molar-refractivity contribution in [1.29, 1.82) is 0 Å². The van der Waals surface area contributed by atoms with Gasteiger partial charge in [-0.3, -0.25) is 4.79 Å². The van der Waals surface area contributed by atoms with Gasteiger partial charge in [-0.05, 0) is 47.8 Å². The first kappa shape index (κ1) is 22.0. The Morgan fingerprint density at radius 3 is 2.36 bits per heavy atom. The number of aromatic nitrogens is 3. The first-order valence-electron chi connectivity index (χ1n) is 9.37. The van der Waals surface area contributed by atoms with E-state index in [-0.39, 0.29) is 17.3 Å². The van der Waals surface area contributed by atoms with Crippen molar-refractivity contribution in [3.8, 4) is 16.4 Å². The minimum Gasteiger partial charge on any atom is -0.351 e. The number of carbonyl (C=O) groups is 2. The van der Waals surface area contributed by atoms with Gasteiger partial charge in [0.05, 0.1) is 16.1 Å². The number of urea groups is 1. The third-order valence-corrected chi connectivity index (χ3v) is 5.22. The minimum absolute atomic E-state index is 0.104. The topological polar surface area (TPSA) is 115 Å². The molecular weight excluding hydrogens is 457 g/mol. The molecule has 4 rings (SSSR count). The Labute approximate surface area is 188 Å². The highest BCUT2D eigenvalue weighted by Crippen LogP contribution is 2.32. The van der Waals surface area contributed by atoms with Gasteiger partial charge >= 0.3 is 12.2 Å². The van der Waals surface area contributed by atoms with Crippen molar-refractivity contribution >= 4 is 34.6 Å². The Bertz CT molecular complexity index is 1320. The summed E-state index contributed by atoms with van der Waals surface area (Å²) in [7, 11) is 0. The average Bonchev–Trinajstić information content (AvgIpc) is 3.43. The largest absolute Gasteiger partial charge is 0.416 e. The fourth-order valence-corrected chi connectivity index (χ4v) is 3.67. The highest BCUT2D eigenvalue weighted by Gasteiger charge is 2.31. The molecule has 0 aliphatic rings. The van der Waals surface area contributed by atoms with Crippen LogP contribution in [0.5, 0.6) is 0 Å². The molecule has 0 fully saturated rings. The summed E-state index contributed by atoms with van der Waals surface area (Å²) in [6.45, 7) is 0. The Kier molecular flexibility index (Phi) is 5.84. The molecule has 2 aromatic carbocycles. The highest BCUT2D eigenvalue weighted by molar-refractivity contribution is 7.13. The summed E-state index contributed by atoms with van der Waals surface area (Å²) in [6, 6.07) is 13.5. The number of nitrogens with zero attached hydrogens (tertiary/aromatic N) is 3. The second-order valence-electron chi connectivity index (χ2n) is 6.72. The van der Waals surface area contributed by atoms with E-state index in [0.717, 1.165) is 12.1 Å². The number of benzene rings is 2. The Morgan fingerprint density at radius 2 is 1.70 bits per heavy atom. The molecule has 4 aromatic rings. The van der Waals surface area contributed by atoms with E-state index in [1.165, 1.54) is 34.2 Å². The number of nitrogens with two attached hydrogens (primary N) is 1. The van der Waals surface area contributed by atoms with Crippen LogP contribution in [0.1, 0.15) is 16.2 Å². The van der Waals surface area contributed by atoms with E-state index in [0.29, 0.717) is 16.3 Å². The molecule has 0 saturated carbocycles. The predicted molar refractivity (Wildman–Crippen MR) is 117 cm³/mol. The first-order valence-corrected chi connectivity index (χ1v) is 10.2. The predicted octanol–water partition coefficient (Wildman–Crippen LogP) is 4.76. The number of hydrogen-bond donors (Lipinski definition) is 3. The van der Waals surface area contributed by atoms with Gasteiger partial charge in [0.15, 0.2) is 5.82 Å². The van der Waals surface area contributed by atoms with Gasteiger partial charge in [-0.15, -0.1) is 16.4 Å². The molecule has 0 aliphatic carbocycles. The van der Waals surface area contributed by atoms with Crippen LogP contribution in [-0.2, 0) is 6.18 Å². The maximum absolute atomic E-state index is 13.2. The lowest BCUT2D eigenvalue weighted by atomic mass is 10.2. The van der Waals surface area contributed by atoms with Crippen LogP contribution < -0.4 is 16.4 Å². The van der Waals surface area contributed by atoms with Crippen LogP contribution in [0.3, 0.4) is 0 Å². The third-order valence-electron chi connectivity index (χ3n) is 4.36. The minimum atomic E-state index is -4.54. The molecule has 2 aromatic heterocycles. The Balaban J connectivity index is 1.70. The Morgan fingerprint density at radius 1 is 0.970 bits per heavy atom. The second kappa shape index (κ2) is 8.74. The number of hydrogen-bond acceptors (Lipinski definition) is 5. The summed E-state index contributed by atoms with van der Waals surface area (Å²) in [4.78, 5) is 28.7. The summed E-state index contributed by atoms with van der Waals surface area (Å²) in [5, 5.41) is 10.9. The number of thiophene rings is 1. The van der Waals surface area contributed by atoms with Crippen LogP contribution in [0.25, 0.3) is 16.4 Å². The first-order chi connectivity index (χ1) is 15.7. The number of primary amides is 1. The quantitative estimate of drug-likeness (QED) is 0.389. The monoisotopic (exact) mass is 472 g/mol. The van der Waals surface area contributed by atoms with Gasteiger partial charge in [0.25, 0.3) is 5.91 Å². The van der Waals surface area contributed by atoms with Crippen molar-refractivity contribution in [1.82, 2.24) is 14.8 Å². The molecule has 0 radical (unpaired) electrons. The number of rotatable bonds is 5. The van der Waals surface area contributed by atoms with Crippen LogP contribution in [-0.4, -0.2) is 26.7 Å². The molecule has 0 atom stereocenters. The standard InChI is InChI=1S/C21H15F3N6O2S/c22-21(23,24)12-4-1-7-15(10-12)30-18(16-8-3-9-33-16)28-17(29-30)19(31)26-13-5-2-6-14(11-13)27-20(25)32/h1-11H,(H,26,31)(H3,25,27,32). The van der Waals surface area contributed by atoms with Crippen LogP contribution in [0, 0.1) is 0 Å². The van der Waals surface area contributed by atoms with E-state index < -0.39 is 23.7 Å². The number of carbonyl (C=O) groups excluding carboxylic acids is 2. The van der Waals surface area contributed by atoms with E-state index in [4.69, 9.17) is 5.73 Å². The van der Waals surface area contributed by atoms with Gasteiger partial charge in [0, 0.05) is 11.4 Å². The fraction of sp³-hybridized carbons (Fsp3) is 0.0476. The molecule has 0 spiro atoms. The Hall–Kier alpha value is -4.19. The van der Waals surface area contributed by atoms with Crippen molar-refractivity contribution in [2.75, 3.05) is 10.6 Å². The lowest BCUT2D eigenvalue weighted by Gasteiger charge is -2.09. The highest BCUT2D eigenvalue weighted by atomic mass is 32.1. The maximum Gasteiger partial charge on any atom is 0.416 e. The van der Waals surface area contributed by atoms with Crippen molar-refractivity contribution < 1.29 is 22.8 Å². The van der Waals surface area contributed by atoms with Crippen molar-refractivity contribution in [3.63, 3.8) is 0 Å². The van der Waals surface area contributed by atoms with Crippen LogP contribution in [0.2, 0.25) is 0 Å². The average molecular weight is 472 g/mol. The van der Waals surface area contributed by atoms with Crippen molar-refractivity contribution in [3.05, 3.63) is 77.4 Å². The zero-order chi connectivity index (χ0) is 23.6. The lowest BCUT2D eigenvalue weighted by Crippen LogP contribution is -2.19. The van der Waals surface area contributed by atoms with E-state index in [9.17, 15) is 22.8 Å². The second-order valence-corrected chi connectivity index (χ2v) is 7.67. The summed E-state index contributed by atoms with van der Waals surface area (Å²) in [6.07, 6.45) is -4.54. The number of alkyl halides is 3. The summed E-state index contributed by atoms with van der Waals surface area (Å²) in [5.41, 5.74) is 5.05. The van der Waals surface area contributed by atoms with E-state index in [1.807, 2.05) is 0 Å². The molecule has 33 heavy (non-hydrogen) atoms. The van der Waals surface area contributed by atoms with Gasteiger partial charge in [-0.25, -0.2) is 14.5 Å². The molecule has 0 saturated heterocycles. The van der Waals surface area contributed by atoms with Gasteiger partial charge in [-0.2, -0.15) is 13.2 Å². The molecule has 168 valence electrons. The summed E-state index contributed by atoms with van der Waals surface area (Å²) in [5.74, 6) is -0.711. The lowest BCUT2D eigenvalue weighted by molar-refractivity contribution is -0.137. The third kappa shape index (κ3) is 5.01. The molecule has 12 heteroatoms. The molecule has 2 heterocycles. The maximum atomic E-state index is 13.2. The van der Waals surface area contributed by atoms with Crippen molar-refractivity contribution in [2.45, 2.75) is 6.18 Å². The molecule has 3 amide bonds. The van der Waals surface area contributed by atoms with Gasteiger partial charge in [0.2, 0.25) is 5.82 Å². The number of anilines is 2. The zero-order valence-corrected chi connectivity index (χ0v) is 17.4. The molecular formula is C21H15F3N6O2S. The molecule has 4 N–H and O–H groups in total. The molecule has 0 bridgehead atoms. The SMILES string of the molecule is NC(=O)Nc1cccc(NC(=O)c2nc(-c3cccs3)n(-c3cccc(C(F)(F)F)c3)n2)c1. The smallest absolute Gasteiger partial charge is 0.351 e. The van der Waals surface area contributed by atoms with Gasteiger partial charge in [-0.1, -0.05) is 18.2 Å².